The average molecular weight is 495 g/mol. The van der Waals surface area contributed by atoms with Gasteiger partial charge in [-0.2, -0.15) is 5.10 Å². The molecular weight excluding hydrogens is 472 g/mol. The molecule has 10 heteroatoms. The van der Waals surface area contributed by atoms with Crippen LogP contribution in [0, 0.1) is 10.1 Å². The number of ether oxygens (including phenoxy) is 1. The Kier molecular flexibility index (Phi) is 7.09. The Bertz CT molecular complexity index is 1290. The molecule has 174 valence electrons. The van der Waals surface area contributed by atoms with E-state index in [0.29, 0.717) is 32.7 Å². The highest BCUT2D eigenvalue weighted by molar-refractivity contribution is 8.26. The third kappa shape index (κ3) is 4.73. The number of thiocarbonyl (C=S) groups is 1. The lowest BCUT2D eigenvalue weighted by Gasteiger charge is -2.13. The third-order valence-corrected chi connectivity index (χ3v) is 6.67. The van der Waals surface area contributed by atoms with Crippen LogP contribution in [0.3, 0.4) is 0 Å². The van der Waals surface area contributed by atoms with Crippen LogP contribution in [0.4, 0.5) is 5.69 Å². The van der Waals surface area contributed by atoms with Gasteiger partial charge >= 0.3 is 5.69 Å². The molecule has 0 spiro atoms. The number of hydrogen-bond donors (Lipinski definition) is 0. The van der Waals surface area contributed by atoms with Crippen molar-refractivity contribution in [3.8, 4) is 22.7 Å². The molecule has 1 aliphatic rings. The van der Waals surface area contributed by atoms with Crippen LogP contribution in [0.15, 0.2) is 59.5 Å². The molecular formula is C24H22N4O4S2. The van der Waals surface area contributed by atoms with E-state index in [-0.39, 0.29) is 17.3 Å². The zero-order chi connectivity index (χ0) is 24.2. The van der Waals surface area contributed by atoms with Crippen molar-refractivity contribution < 1.29 is 14.5 Å². The highest BCUT2D eigenvalue weighted by Gasteiger charge is 2.32. The molecule has 1 amide bonds. The Morgan fingerprint density at radius 2 is 1.97 bits per heavy atom. The summed E-state index contributed by atoms with van der Waals surface area (Å²) in [5.41, 5.74) is 2.40. The number of rotatable bonds is 8. The van der Waals surface area contributed by atoms with Gasteiger partial charge < -0.3 is 4.74 Å². The predicted molar refractivity (Wildman–Crippen MR) is 137 cm³/mol. The summed E-state index contributed by atoms with van der Waals surface area (Å²) in [5.74, 6) is 0.0538. The number of unbranched alkanes of at least 4 members (excludes halogenated alkanes) is 1. The maximum absolute atomic E-state index is 13.0. The first-order valence-electron chi connectivity index (χ1n) is 10.7. The molecule has 0 aliphatic carbocycles. The van der Waals surface area contributed by atoms with E-state index < -0.39 is 4.92 Å². The second-order valence-corrected chi connectivity index (χ2v) is 9.21. The lowest BCUT2D eigenvalue weighted by atomic mass is 10.1. The zero-order valence-corrected chi connectivity index (χ0v) is 20.3. The molecule has 1 aromatic heterocycles. The first kappa shape index (κ1) is 23.7. The Labute approximate surface area is 206 Å². The number of nitrogens with zero attached hydrogens (tertiary/aromatic N) is 4. The molecule has 3 aromatic rings. The molecule has 2 aromatic carbocycles. The summed E-state index contributed by atoms with van der Waals surface area (Å²) in [6.45, 7) is 2.66. The highest BCUT2D eigenvalue weighted by atomic mass is 32.2. The van der Waals surface area contributed by atoms with Crippen LogP contribution in [-0.4, -0.2) is 43.5 Å². The number of aromatic nitrogens is 2. The summed E-state index contributed by atoms with van der Waals surface area (Å²) in [6, 6.07) is 16.0. The van der Waals surface area contributed by atoms with Crippen molar-refractivity contribution >= 4 is 46.0 Å². The quantitative estimate of drug-likeness (QED) is 0.178. The Morgan fingerprint density at radius 1 is 1.21 bits per heavy atom. The molecule has 0 bridgehead atoms. The summed E-state index contributed by atoms with van der Waals surface area (Å²) in [6.07, 6.45) is 3.61. The third-order valence-electron chi connectivity index (χ3n) is 5.30. The van der Waals surface area contributed by atoms with Gasteiger partial charge in [0.05, 0.1) is 34.0 Å². The highest BCUT2D eigenvalue weighted by Crippen LogP contribution is 2.35. The van der Waals surface area contributed by atoms with Crippen molar-refractivity contribution in [3.05, 3.63) is 75.3 Å². The Hall–Kier alpha value is -3.50. The fourth-order valence-corrected chi connectivity index (χ4v) is 4.84. The van der Waals surface area contributed by atoms with E-state index in [1.807, 2.05) is 30.3 Å². The molecule has 34 heavy (non-hydrogen) atoms. The molecule has 0 unspecified atom stereocenters. The standard InChI is InChI=1S/C24H22N4O4S2/c1-3-4-12-26-23(29)22(34-24(26)33)15-18-14-19(25-27(18)17-8-6-5-7-9-17)16-10-11-21(32-2)20(13-16)28(30)31/h5-11,13-15H,3-4,12H2,1-2H3/b22-15+. The first-order chi connectivity index (χ1) is 16.4. The normalized spacial score (nSPS) is 14.8. The van der Waals surface area contributed by atoms with Crippen LogP contribution < -0.4 is 4.74 Å². The van der Waals surface area contributed by atoms with Crippen molar-refractivity contribution in [2.24, 2.45) is 0 Å². The molecule has 1 saturated heterocycles. The van der Waals surface area contributed by atoms with Crippen LogP contribution in [0.5, 0.6) is 5.75 Å². The van der Waals surface area contributed by atoms with Crippen LogP contribution in [-0.2, 0) is 4.79 Å². The summed E-state index contributed by atoms with van der Waals surface area (Å²) < 4.78 is 7.37. The minimum absolute atomic E-state index is 0.120. The molecule has 0 atom stereocenters. The van der Waals surface area contributed by atoms with Gasteiger partial charge in [0.1, 0.15) is 4.32 Å². The monoisotopic (exact) mass is 494 g/mol. The fourth-order valence-electron chi connectivity index (χ4n) is 3.55. The summed E-state index contributed by atoms with van der Waals surface area (Å²) >= 11 is 6.69. The van der Waals surface area contributed by atoms with Gasteiger partial charge in [-0.05, 0) is 42.8 Å². The number of nitro benzene ring substituents is 1. The molecule has 0 saturated carbocycles. The molecule has 1 fully saturated rings. The minimum Gasteiger partial charge on any atom is -0.490 e. The molecule has 4 rings (SSSR count). The van der Waals surface area contributed by atoms with Gasteiger partial charge in [0.15, 0.2) is 5.75 Å². The van der Waals surface area contributed by atoms with Gasteiger partial charge in [0, 0.05) is 18.2 Å². The number of hydrogen-bond acceptors (Lipinski definition) is 7. The van der Waals surface area contributed by atoms with Gasteiger partial charge in [-0.25, -0.2) is 4.68 Å². The summed E-state index contributed by atoms with van der Waals surface area (Å²) in [5, 5.41) is 16.2. The van der Waals surface area contributed by atoms with E-state index in [1.165, 1.54) is 24.9 Å². The number of amides is 1. The van der Waals surface area contributed by atoms with Gasteiger partial charge in [-0.1, -0.05) is 55.5 Å². The smallest absolute Gasteiger partial charge is 0.311 e. The first-order valence-corrected chi connectivity index (χ1v) is 11.9. The molecule has 8 nitrogen and oxygen atoms in total. The molecule has 0 N–H and O–H groups in total. The largest absolute Gasteiger partial charge is 0.490 e. The van der Waals surface area contributed by atoms with E-state index in [4.69, 9.17) is 22.1 Å². The van der Waals surface area contributed by atoms with Crippen molar-refractivity contribution in [1.29, 1.82) is 0 Å². The number of methoxy groups -OCH3 is 1. The Balaban J connectivity index is 1.79. The van der Waals surface area contributed by atoms with E-state index in [2.05, 4.69) is 6.92 Å². The van der Waals surface area contributed by atoms with E-state index in [0.717, 1.165) is 18.5 Å². The van der Waals surface area contributed by atoms with Crippen LogP contribution >= 0.6 is 24.0 Å². The van der Waals surface area contributed by atoms with Gasteiger partial charge in [-0.15, -0.1) is 0 Å². The van der Waals surface area contributed by atoms with Crippen LogP contribution in [0.2, 0.25) is 0 Å². The van der Waals surface area contributed by atoms with Crippen LogP contribution in [0.25, 0.3) is 23.0 Å². The fraction of sp³-hybridized carbons (Fsp3) is 0.208. The van der Waals surface area contributed by atoms with Gasteiger partial charge in [-0.3, -0.25) is 19.8 Å². The van der Waals surface area contributed by atoms with Crippen molar-refractivity contribution in [2.75, 3.05) is 13.7 Å². The molecule has 1 aliphatic heterocycles. The maximum atomic E-state index is 13.0. The Morgan fingerprint density at radius 3 is 2.65 bits per heavy atom. The average Bonchev–Trinajstić information content (AvgIpc) is 3.38. The topological polar surface area (TPSA) is 90.5 Å². The number of benzene rings is 2. The van der Waals surface area contributed by atoms with Crippen molar-refractivity contribution in [1.82, 2.24) is 14.7 Å². The number of carbonyl (C=O) groups is 1. The lowest BCUT2D eigenvalue weighted by molar-refractivity contribution is -0.385. The summed E-state index contributed by atoms with van der Waals surface area (Å²) in [4.78, 5) is 26.1. The molecule has 2 heterocycles. The number of thioether (sulfide) groups is 1. The summed E-state index contributed by atoms with van der Waals surface area (Å²) in [7, 11) is 1.39. The molecule has 0 radical (unpaired) electrons. The lowest BCUT2D eigenvalue weighted by Crippen LogP contribution is -2.28. The second kappa shape index (κ2) is 10.2. The van der Waals surface area contributed by atoms with Gasteiger partial charge in [0.25, 0.3) is 5.91 Å². The van der Waals surface area contributed by atoms with E-state index in [1.54, 1.807) is 33.9 Å². The second-order valence-electron chi connectivity index (χ2n) is 7.53. The van der Waals surface area contributed by atoms with Crippen molar-refractivity contribution in [3.63, 3.8) is 0 Å². The predicted octanol–water partition coefficient (Wildman–Crippen LogP) is 5.46. The number of carbonyl (C=O) groups excluding carboxylic acids is 1. The maximum Gasteiger partial charge on any atom is 0.311 e. The van der Waals surface area contributed by atoms with E-state index >= 15 is 0 Å². The van der Waals surface area contributed by atoms with Crippen LogP contribution in [0.1, 0.15) is 25.5 Å². The SMILES string of the molecule is CCCCN1C(=O)/C(=C\c2cc(-c3ccc(OC)c([N+](=O)[O-])c3)nn2-c2ccccc2)SC1=S. The zero-order valence-electron chi connectivity index (χ0n) is 18.6. The minimum atomic E-state index is -0.487. The van der Waals surface area contributed by atoms with Crippen molar-refractivity contribution in [2.45, 2.75) is 19.8 Å². The van der Waals surface area contributed by atoms with E-state index in [9.17, 15) is 14.9 Å². The number of nitro groups is 1. The van der Waals surface area contributed by atoms with Gasteiger partial charge in [0.2, 0.25) is 0 Å². The number of para-hydroxylation sites is 1.